The van der Waals surface area contributed by atoms with E-state index in [9.17, 15) is 14.4 Å². The first-order chi connectivity index (χ1) is 11.9. The van der Waals surface area contributed by atoms with Gasteiger partial charge in [-0.3, -0.25) is 14.4 Å². The number of likely N-dealkylation sites (N-methyl/N-ethyl adjacent to an activating group) is 1. The van der Waals surface area contributed by atoms with E-state index < -0.39 is 11.8 Å². The Kier molecular flexibility index (Phi) is 4.98. The SMILES string of the molecule is Cc1nc2cc(NC(=O)C(=O)N(C)CCN3CCCC3=O)ccc2s1. The Morgan fingerprint density at radius 1 is 1.40 bits per heavy atom. The molecular weight excluding hydrogens is 340 g/mol. The van der Waals surface area contributed by atoms with Gasteiger partial charge in [0.05, 0.1) is 15.2 Å². The first-order valence-corrected chi connectivity index (χ1v) is 8.97. The van der Waals surface area contributed by atoms with Crippen molar-refractivity contribution in [1.82, 2.24) is 14.8 Å². The zero-order valence-corrected chi connectivity index (χ0v) is 15.1. The minimum atomic E-state index is -0.693. The summed E-state index contributed by atoms with van der Waals surface area (Å²) in [4.78, 5) is 43.4. The molecule has 25 heavy (non-hydrogen) atoms. The number of carbonyl (C=O) groups is 3. The normalized spacial score (nSPS) is 14.2. The van der Waals surface area contributed by atoms with Gasteiger partial charge in [0.1, 0.15) is 0 Å². The number of thiazole rings is 1. The summed E-state index contributed by atoms with van der Waals surface area (Å²) >= 11 is 1.58. The van der Waals surface area contributed by atoms with Gasteiger partial charge in [0.2, 0.25) is 5.91 Å². The van der Waals surface area contributed by atoms with Crippen LogP contribution in [0.25, 0.3) is 10.2 Å². The van der Waals surface area contributed by atoms with E-state index in [0.717, 1.165) is 28.2 Å². The molecular formula is C17H20N4O3S. The van der Waals surface area contributed by atoms with E-state index in [-0.39, 0.29) is 5.91 Å². The van der Waals surface area contributed by atoms with Crippen molar-refractivity contribution in [1.29, 1.82) is 0 Å². The van der Waals surface area contributed by atoms with Crippen molar-refractivity contribution in [3.8, 4) is 0 Å². The number of hydrogen-bond donors (Lipinski definition) is 1. The molecule has 1 aromatic heterocycles. The summed E-state index contributed by atoms with van der Waals surface area (Å²) < 4.78 is 1.04. The Balaban J connectivity index is 1.57. The van der Waals surface area contributed by atoms with Crippen LogP contribution in [0, 0.1) is 6.92 Å². The van der Waals surface area contributed by atoms with Crippen LogP contribution < -0.4 is 5.32 Å². The van der Waals surface area contributed by atoms with Crippen molar-refractivity contribution in [3.05, 3.63) is 23.2 Å². The van der Waals surface area contributed by atoms with Gasteiger partial charge in [0.15, 0.2) is 0 Å². The van der Waals surface area contributed by atoms with Crippen molar-refractivity contribution < 1.29 is 14.4 Å². The standard InChI is InChI=1S/C17H20N4O3S/c1-11-18-13-10-12(5-6-14(13)25-11)19-16(23)17(24)20(2)8-9-21-7-3-4-15(21)22/h5-6,10H,3-4,7-9H2,1-2H3,(H,19,23). The number of hydrogen-bond acceptors (Lipinski definition) is 5. The lowest BCUT2D eigenvalue weighted by Crippen LogP contribution is -2.41. The monoisotopic (exact) mass is 360 g/mol. The molecule has 7 nitrogen and oxygen atoms in total. The minimum absolute atomic E-state index is 0.108. The molecule has 1 N–H and O–H groups in total. The van der Waals surface area contributed by atoms with Crippen LogP contribution in [0.3, 0.4) is 0 Å². The Bertz CT molecular complexity index is 832. The second kappa shape index (κ2) is 7.18. The van der Waals surface area contributed by atoms with E-state index in [1.54, 1.807) is 35.4 Å². The van der Waals surface area contributed by atoms with E-state index in [1.807, 2.05) is 13.0 Å². The van der Waals surface area contributed by atoms with Crippen LogP contribution in [0.1, 0.15) is 17.8 Å². The first-order valence-electron chi connectivity index (χ1n) is 8.15. The molecule has 132 valence electrons. The number of carbonyl (C=O) groups excluding carboxylic acids is 3. The Morgan fingerprint density at radius 2 is 2.20 bits per heavy atom. The fourth-order valence-corrected chi connectivity index (χ4v) is 3.60. The summed E-state index contributed by atoms with van der Waals surface area (Å²) in [6.07, 6.45) is 1.42. The summed E-state index contributed by atoms with van der Waals surface area (Å²) in [6, 6.07) is 5.39. The van der Waals surface area contributed by atoms with Gasteiger partial charge in [0.25, 0.3) is 0 Å². The fourth-order valence-electron chi connectivity index (χ4n) is 2.79. The zero-order valence-electron chi connectivity index (χ0n) is 14.2. The third-order valence-electron chi connectivity index (χ3n) is 4.17. The molecule has 2 aromatic rings. The first kappa shape index (κ1) is 17.3. The summed E-state index contributed by atoms with van der Waals surface area (Å²) in [5.74, 6) is -1.21. The van der Waals surface area contributed by atoms with Gasteiger partial charge in [-0.05, 0) is 31.5 Å². The third kappa shape index (κ3) is 3.96. The topological polar surface area (TPSA) is 82.6 Å². The number of nitrogens with zero attached hydrogens (tertiary/aromatic N) is 3. The molecule has 0 unspecified atom stereocenters. The molecule has 8 heteroatoms. The molecule has 2 heterocycles. The molecule has 0 aliphatic carbocycles. The Labute approximate surface area is 149 Å². The van der Waals surface area contributed by atoms with Gasteiger partial charge >= 0.3 is 11.8 Å². The van der Waals surface area contributed by atoms with Crippen LogP contribution in [-0.2, 0) is 14.4 Å². The predicted molar refractivity (Wildman–Crippen MR) is 96.4 cm³/mol. The van der Waals surface area contributed by atoms with E-state index >= 15 is 0 Å². The molecule has 0 atom stereocenters. The molecule has 1 saturated heterocycles. The second-order valence-corrected chi connectivity index (χ2v) is 7.32. The van der Waals surface area contributed by atoms with Crippen molar-refractivity contribution in [2.24, 2.45) is 0 Å². The lowest BCUT2D eigenvalue weighted by molar-refractivity contribution is -0.142. The molecule has 0 radical (unpaired) electrons. The smallest absolute Gasteiger partial charge is 0.313 e. The van der Waals surface area contributed by atoms with Crippen LogP contribution in [0.2, 0.25) is 0 Å². The molecule has 3 amide bonds. The number of rotatable bonds is 4. The highest BCUT2D eigenvalue weighted by molar-refractivity contribution is 7.18. The van der Waals surface area contributed by atoms with Crippen LogP contribution in [-0.4, -0.2) is 59.2 Å². The zero-order chi connectivity index (χ0) is 18.0. The summed E-state index contributed by atoms with van der Waals surface area (Å²) in [5.41, 5.74) is 1.34. The van der Waals surface area contributed by atoms with Crippen molar-refractivity contribution >= 4 is 45.0 Å². The lowest BCUT2D eigenvalue weighted by Gasteiger charge is -2.21. The number of anilines is 1. The summed E-state index contributed by atoms with van der Waals surface area (Å²) in [7, 11) is 1.56. The highest BCUT2D eigenvalue weighted by Gasteiger charge is 2.23. The lowest BCUT2D eigenvalue weighted by atomic mass is 10.3. The Hall–Kier alpha value is -2.48. The van der Waals surface area contributed by atoms with Gasteiger partial charge in [-0.15, -0.1) is 11.3 Å². The van der Waals surface area contributed by atoms with Crippen molar-refractivity contribution in [2.45, 2.75) is 19.8 Å². The second-order valence-electron chi connectivity index (χ2n) is 6.08. The van der Waals surface area contributed by atoms with Gasteiger partial charge in [-0.2, -0.15) is 0 Å². The molecule has 3 rings (SSSR count). The maximum absolute atomic E-state index is 12.2. The molecule has 1 aliphatic heterocycles. The summed E-state index contributed by atoms with van der Waals surface area (Å²) in [5, 5.41) is 3.56. The summed E-state index contributed by atoms with van der Waals surface area (Å²) in [6.45, 7) is 3.44. The highest BCUT2D eigenvalue weighted by Crippen LogP contribution is 2.24. The molecule has 0 spiro atoms. The van der Waals surface area contributed by atoms with Crippen molar-refractivity contribution in [3.63, 3.8) is 0 Å². The molecule has 0 bridgehead atoms. The highest BCUT2D eigenvalue weighted by atomic mass is 32.1. The van der Waals surface area contributed by atoms with Crippen LogP contribution in [0.5, 0.6) is 0 Å². The van der Waals surface area contributed by atoms with Gasteiger partial charge in [0, 0.05) is 38.8 Å². The quantitative estimate of drug-likeness (QED) is 0.840. The number of likely N-dealkylation sites (tertiary alicyclic amines) is 1. The third-order valence-corrected chi connectivity index (χ3v) is 5.12. The van der Waals surface area contributed by atoms with Crippen LogP contribution >= 0.6 is 11.3 Å². The average molecular weight is 360 g/mol. The van der Waals surface area contributed by atoms with E-state index in [1.165, 1.54) is 4.90 Å². The molecule has 1 aliphatic rings. The number of fused-ring (bicyclic) bond motifs is 1. The number of amides is 3. The maximum atomic E-state index is 12.2. The maximum Gasteiger partial charge on any atom is 0.313 e. The fraction of sp³-hybridized carbons (Fsp3) is 0.412. The largest absolute Gasteiger partial charge is 0.341 e. The van der Waals surface area contributed by atoms with Gasteiger partial charge < -0.3 is 15.1 Å². The molecule has 0 saturated carbocycles. The van der Waals surface area contributed by atoms with Gasteiger partial charge in [-0.25, -0.2) is 4.98 Å². The van der Waals surface area contributed by atoms with Crippen LogP contribution in [0.15, 0.2) is 18.2 Å². The van der Waals surface area contributed by atoms with E-state index in [4.69, 9.17) is 0 Å². The van der Waals surface area contributed by atoms with Gasteiger partial charge in [-0.1, -0.05) is 0 Å². The van der Waals surface area contributed by atoms with Crippen LogP contribution in [0.4, 0.5) is 5.69 Å². The number of aryl methyl sites for hydroxylation is 1. The number of nitrogens with one attached hydrogen (secondary N) is 1. The van der Waals surface area contributed by atoms with E-state index in [2.05, 4.69) is 10.3 Å². The van der Waals surface area contributed by atoms with Crippen molar-refractivity contribution in [2.75, 3.05) is 32.0 Å². The van der Waals surface area contributed by atoms with E-state index in [0.29, 0.717) is 25.2 Å². The number of benzene rings is 1. The average Bonchev–Trinajstić information content (AvgIpc) is 3.15. The molecule has 1 fully saturated rings. The predicted octanol–water partition coefficient (Wildman–Crippen LogP) is 1.62. The number of aromatic nitrogens is 1. The Morgan fingerprint density at radius 3 is 2.92 bits per heavy atom. The molecule has 1 aromatic carbocycles. The minimum Gasteiger partial charge on any atom is -0.341 e.